The average molecular weight is 274 g/mol. The van der Waals surface area contributed by atoms with E-state index in [1.165, 1.54) is 0 Å². The molecule has 106 valence electrons. The first kappa shape index (κ1) is 12.2. The van der Waals surface area contributed by atoms with Crippen molar-refractivity contribution in [1.29, 1.82) is 0 Å². The highest BCUT2D eigenvalue weighted by molar-refractivity contribution is 5.92. The molecule has 0 aromatic rings. The topological polar surface area (TPSA) is 52.6 Å². The maximum Gasteiger partial charge on any atom is 0.333 e. The highest BCUT2D eigenvalue weighted by atomic mass is 16.5. The van der Waals surface area contributed by atoms with E-state index in [0.717, 1.165) is 36.8 Å². The van der Waals surface area contributed by atoms with E-state index in [2.05, 4.69) is 12.2 Å². The number of allylic oxidation sites excluding steroid dienone is 2. The summed E-state index contributed by atoms with van der Waals surface area (Å²) in [6.07, 6.45) is 7.47. The van der Waals surface area contributed by atoms with Crippen molar-refractivity contribution in [1.82, 2.24) is 0 Å². The van der Waals surface area contributed by atoms with Gasteiger partial charge in [0.05, 0.1) is 13.2 Å². The first-order valence-electron chi connectivity index (χ1n) is 7.50. The van der Waals surface area contributed by atoms with Gasteiger partial charge in [-0.25, -0.2) is 9.59 Å². The van der Waals surface area contributed by atoms with Crippen molar-refractivity contribution in [3.63, 3.8) is 0 Å². The number of esters is 2. The fraction of sp³-hybridized carbons (Fsp3) is 0.625. The van der Waals surface area contributed by atoms with E-state index in [-0.39, 0.29) is 17.9 Å². The van der Waals surface area contributed by atoms with Crippen LogP contribution in [0.4, 0.5) is 0 Å². The van der Waals surface area contributed by atoms with Gasteiger partial charge in [-0.2, -0.15) is 0 Å². The summed E-state index contributed by atoms with van der Waals surface area (Å²) in [5.74, 6) is 1.20. The van der Waals surface area contributed by atoms with Gasteiger partial charge >= 0.3 is 11.9 Å². The highest BCUT2D eigenvalue weighted by Crippen LogP contribution is 2.57. The van der Waals surface area contributed by atoms with Crippen LogP contribution in [0.5, 0.6) is 0 Å². The Hall–Kier alpha value is -1.58. The number of ether oxygens (including phenoxy) is 2. The van der Waals surface area contributed by atoms with Gasteiger partial charge in [-0.05, 0) is 49.4 Å². The van der Waals surface area contributed by atoms with E-state index in [1.54, 1.807) is 0 Å². The van der Waals surface area contributed by atoms with Crippen molar-refractivity contribution in [3.8, 4) is 0 Å². The van der Waals surface area contributed by atoms with Crippen LogP contribution in [0.15, 0.2) is 23.3 Å². The minimum atomic E-state index is -0.160. The Kier molecular flexibility index (Phi) is 2.72. The maximum atomic E-state index is 12.1. The molecule has 4 atom stereocenters. The van der Waals surface area contributed by atoms with Crippen molar-refractivity contribution >= 4 is 11.9 Å². The summed E-state index contributed by atoms with van der Waals surface area (Å²) in [5, 5.41) is 0. The van der Waals surface area contributed by atoms with Crippen LogP contribution in [0.3, 0.4) is 0 Å². The smallest absolute Gasteiger partial charge is 0.333 e. The molecule has 3 aliphatic carbocycles. The van der Waals surface area contributed by atoms with Gasteiger partial charge in [-0.3, -0.25) is 0 Å². The van der Waals surface area contributed by atoms with Gasteiger partial charge in [0.25, 0.3) is 0 Å². The Labute approximate surface area is 117 Å². The fourth-order valence-electron chi connectivity index (χ4n) is 4.26. The summed E-state index contributed by atoms with van der Waals surface area (Å²) in [6.45, 7) is 0.834. The van der Waals surface area contributed by atoms with Crippen molar-refractivity contribution in [3.05, 3.63) is 23.3 Å². The number of hydrogen-bond donors (Lipinski definition) is 0. The average Bonchev–Trinajstić information content (AvgIpc) is 3.10. The standard InChI is InChI=1S/C16H18O4/c17-15-10-7-11-9-5-13(12(11)8-10)14(6-9)16(18)20-4-2-1-3-19-15/h6-7,9,11-13H,1-5,8H2. The van der Waals surface area contributed by atoms with Crippen LogP contribution in [0, 0.1) is 23.7 Å². The Morgan fingerprint density at radius 1 is 1.00 bits per heavy atom. The van der Waals surface area contributed by atoms with Crippen LogP contribution in [0.1, 0.15) is 25.7 Å². The summed E-state index contributed by atoms with van der Waals surface area (Å²) in [7, 11) is 0. The highest BCUT2D eigenvalue weighted by Gasteiger charge is 2.52. The quantitative estimate of drug-likeness (QED) is 0.634. The monoisotopic (exact) mass is 274 g/mol. The molecule has 20 heavy (non-hydrogen) atoms. The molecular weight excluding hydrogens is 256 g/mol. The molecule has 0 spiro atoms. The fourth-order valence-corrected chi connectivity index (χ4v) is 4.26. The first-order valence-corrected chi connectivity index (χ1v) is 7.50. The number of carbonyl (C=O) groups excluding carboxylic acids is 2. The minimum absolute atomic E-state index is 0.143. The van der Waals surface area contributed by atoms with Gasteiger partial charge in [0.2, 0.25) is 0 Å². The number of hydrogen-bond acceptors (Lipinski definition) is 4. The molecule has 0 aromatic carbocycles. The second kappa shape index (κ2) is 4.47. The summed E-state index contributed by atoms with van der Waals surface area (Å²) in [5.41, 5.74) is 1.68. The normalized spacial score (nSPS) is 39.4. The minimum Gasteiger partial charge on any atom is -0.462 e. The lowest BCUT2D eigenvalue weighted by Gasteiger charge is -2.23. The van der Waals surface area contributed by atoms with Crippen LogP contribution < -0.4 is 0 Å². The third kappa shape index (κ3) is 1.74. The lowest BCUT2D eigenvalue weighted by molar-refractivity contribution is -0.141. The Balaban J connectivity index is 1.64. The molecule has 4 rings (SSSR count). The van der Waals surface area contributed by atoms with Crippen LogP contribution in [-0.2, 0) is 19.1 Å². The van der Waals surface area contributed by atoms with Crippen LogP contribution >= 0.6 is 0 Å². The molecule has 1 saturated heterocycles. The summed E-state index contributed by atoms with van der Waals surface area (Å²) >= 11 is 0. The molecule has 0 radical (unpaired) electrons. The van der Waals surface area contributed by atoms with Gasteiger partial charge < -0.3 is 9.47 Å². The van der Waals surface area contributed by atoms with Crippen molar-refractivity contribution in [2.24, 2.45) is 23.7 Å². The molecule has 1 aliphatic heterocycles. The third-order valence-electron chi connectivity index (χ3n) is 5.18. The van der Waals surface area contributed by atoms with Crippen molar-refractivity contribution in [2.75, 3.05) is 13.2 Å². The SMILES string of the molecule is O=C1OCCCCOC(=O)C2=CC3CC2C2CC1=CC32. The molecule has 4 nitrogen and oxygen atoms in total. The number of carbonyl (C=O) groups is 2. The third-order valence-corrected chi connectivity index (χ3v) is 5.18. The molecular formula is C16H18O4. The van der Waals surface area contributed by atoms with Gasteiger partial charge in [-0.1, -0.05) is 12.2 Å². The Bertz CT molecular complexity index is 531. The lowest BCUT2D eigenvalue weighted by Crippen LogP contribution is -2.22. The lowest BCUT2D eigenvalue weighted by atomic mass is 9.81. The Morgan fingerprint density at radius 3 is 2.55 bits per heavy atom. The molecule has 0 amide bonds. The zero-order valence-corrected chi connectivity index (χ0v) is 11.3. The van der Waals surface area contributed by atoms with Crippen molar-refractivity contribution in [2.45, 2.75) is 25.7 Å². The molecule has 0 aromatic heterocycles. The van der Waals surface area contributed by atoms with E-state index in [9.17, 15) is 9.59 Å². The molecule has 2 fully saturated rings. The molecule has 1 saturated carbocycles. The second-order valence-electron chi connectivity index (χ2n) is 6.24. The van der Waals surface area contributed by atoms with Gasteiger partial charge in [0, 0.05) is 11.1 Å². The Morgan fingerprint density at radius 2 is 1.75 bits per heavy atom. The van der Waals surface area contributed by atoms with E-state index in [4.69, 9.17) is 9.47 Å². The zero-order valence-electron chi connectivity index (χ0n) is 11.3. The van der Waals surface area contributed by atoms with E-state index >= 15 is 0 Å². The van der Waals surface area contributed by atoms with Crippen LogP contribution in [0.2, 0.25) is 0 Å². The second-order valence-corrected chi connectivity index (χ2v) is 6.24. The molecule has 4 bridgehead atoms. The number of fused-ring (bicyclic) bond motifs is 3. The van der Waals surface area contributed by atoms with Gasteiger partial charge in [0.15, 0.2) is 0 Å². The first-order chi connectivity index (χ1) is 9.74. The van der Waals surface area contributed by atoms with Crippen molar-refractivity contribution < 1.29 is 19.1 Å². The van der Waals surface area contributed by atoms with E-state index in [0.29, 0.717) is 31.0 Å². The van der Waals surface area contributed by atoms with Crippen LogP contribution in [0.25, 0.3) is 0 Å². The predicted molar refractivity (Wildman–Crippen MR) is 70.5 cm³/mol. The molecule has 4 aliphatic rings. The van der Waals surface area contributed by atoms with Crippen LogP contribution in [-0.4, -0.2) is 25.2 Å². The molecule has 4 heteroatoms. The number of cyclic esters (lactones) is 2. The molecule has 1 heterocycles. The summed E-state index contributed by atoms with van der Waals surface area (Å²) < 4.78 is 10.7. The largest absolute Gasteiger partial charge is 0.462 e. The molecule has 4 unspecified atom stereocenters. The maximum absolute atomic E-state index is 12.1. The van der Waals surface area contributed by atoms with E-state index in [1.807, 2.05) is 0 Å². The van der Waals surface area contributed by atoms with E-state index < -0.39 is 0 Å². The van der Waals surface area contributed by atoms with Gasteiger partial charge in [-0.15, -0.1) is 0 Å². The van der Waals surface area contributed by atoms with Gasteiger partial charge in [0.1, 0.15) is 0 Å². The summed E-state index contributed by atoms with van der Waals surface area (Å²) in [4.78, 5) is 24.2. The zero-order chi connectivity index (χ0) is 13.7. The molecule has 0 N–H and O–H groups in total. The predicted octanol–water partition coefficient (Wildman–Crippen LogP) is 2.01. The number of rotatable bonds is 0. The summed E-state index contributed by atoms with van der Waals surface area (Å²) in [6, 6.07) is 0.